The number of imidazole rings is 1. The minimum atomic E-state index is 0.0740. The third kappa shape index (κ3) is 5.00. The molecule has 0 fully saturated rings. The van der Waals surface area contributed by atoms with Crippen LogP contribution in [0.3, 0.4) is 0 Å². The highest BCUT2D eigenvalue weighted by Crippen LogP contribution is 2.28. The van der Waals surface area contributed by atoms with Crippen LogP contribution in [0.25, 0.3) is 22.6 Å². The lowest BCUT2D eigenvalue weighted by atomic mass is 10.0. The zero-order chi connectivity index (χ0) is 24.1. The Bertz CT molecular complexity index is 1270. The number of H-pyrrole nitrogens is 1. The summed E-state index contributed by atoms with van der Waals surface area (Å²) in [5.74, 6) is 1.02. The van der Waals surface area contributed by atoms with Gasteiger partial charge in [0.25, 0.3) is 0 Å². The Labute approximate surface area is 200 Å². The molecule has 0 saturated heterocycles. The summed E-state index contributed by atoms with van der Waals surface area (Å²) in [7, 11) is 0. The van der Waals surface area contributed by atoms with E-state index in [4.69, 9.17) is 4.98 Å². The summed E-state index contributed by atoms with van der Waals surface area (Å²) in [5, 5.41) is 14.2. The largest absolute Gasteiger partial charge is 0.328 e. The zero-order valence-electron chi connectivity index (χ0n) is 20.5. The van der Waals surface area contributed by atoms with Crippen LogP contribution in [-0.2, 0) is 19.5 Å². The number of rotatable bonds is 10. The summed E-state index contributed by atoms with van der Waals surface area (Å²) in [6, 6.07) is 11.9. The maximum absolute atomic E-state index is 13.3. The second-order valence-corrected chi connectivity index (χ2v) is 9.21. The second kappa shape index (κ2) is 10.6. The minimum Gasteiger partial charge on any atom is -0.296 e. The lowest BCUT2D eigenvalue weighted by Gasteiger charge is -2.10. The summed E-state index contributed by atoms with van der Waals surface area (Å²) in [6.07, 6.45) is 6.20. The fourth-order valence-corrected chi connectivity index (χ4v) is 4.40. The molecule has 0 aliphatic heterocycles. The monoisotopic (exact) mass is 459 g/mol. The van der Waals surface area contributed by atoms with E-state index in [-0.39, 0.29) is 5.69 Å². The van der Waals surface area contributed by atoms with E-state index in [0.29, 0.717) is 18.3 Å². The Morgan fingerprint density at radius 2 is 1.82 bits per heavy atom. The summed E-state index contributed by atoms with van der Waals surface area (Å²) < 4.78 is 3.88. The highest BCUT2D eigenvalue weighted by atomic mass is 16.1. The van der Waals surface area contributed by atoms with E-state index in [9.17, 15) is 4.79 Å². The van der Waals surface area contributed by atoms with Crippen molar-refractivity contribution in [2.75, 3.05) is 0 Å². The average Bonchev–Trinajstić information content (AvgIpc) is 3.45. The molecule has 8 nitrogen and oxygen atoms in total. The van der Waals surface area contributed by atoms with Gasteiger partial charge in [0.2, 0.25) is 0 Å². The van der Waals surface area contributed by atoms with Gasteiger partial charge in [-0.1, -0.05) is 63.9 Å². The molecule has 0 aliphatic rings. The van der Waals surface area contributed by atoms with E-state index >= 15 is 0 Å². The second-order valence-electron chi connectivity index (χ2n) is 9.21. The summed E-state index contributed by atoms with van der Waals surface area (Å²) >= 11 is 0. The van der Waals surface area contributed by atoms with Crippen LogP contribution in [-0.4, -0.2) is 34.7 Å². The first-order valence-corrected chi connectivity index (χ1v) is 12.1. The predicted octanol–water partition coefficient (Wildman–Crippen LogP) is 4.64. The van der Waals surface area contributed by atoms with E-state index in [0.717, 1.165) is 59.6 Å². The van der Waals surface area contributed by atoms with Crippen molar-refractivity contribution in [1.82, 2.24) is 34.7 Å². The van der Waals surface area contributed by atoms with Crippen molar-refractivity contribution in [3.63, 3.8) is 0 Å². The standard InChI is InChI=1S/C26H33N7O/c1-5-6-7-12-24-19(4)32(16-18(2)3)26(34)33(24)17-20-13-14-23(27-15-20)21-10-8-9-11-22(21)25-28-30-31-29-25/h8-11,13-15,18H,5-7,12,16-17H2,1-4H3,(H,28,29,30,31). The van der Waals surface area contributed by atoms with E-state index in [1.165, 1.54) is 6.42 Å². The SMILES string of the molecule is CCCCCc1c(C)n(CC(C)C)c(=O)n1Cc1ccc(-c2ccccc2-c2nnn[nH]2)nc1. The summed E-state index contributed by atoms with van der Waals surface area (Å²) in [5.41, 5.74) is 5.99. The van der Waals surface area contributed by atoms with Crippen LogP contribution >= 0.6 is 0 Å². The fraction of sp³-hybridized carbons (Fsp3) is 0.423. The molecule has 0 saturated carbocycles. The maximum atomic E-state index is 13.3. The molecule has 0 spiro atoms. The van der Waals surface area contributed by atoms with Crippen molar-refractivity contribution in [2.24, 2.45) is 5.92 Å². The van der Waals surface area contributed by atoms with Crippen molar-refractivity contribution in [3.05, 3.63) is 70.0 Å². The third-order valence-corrected chi connectivity index (χ3v) is 6.14. The molecular weight excluding hydrogens is 426 g/mol. The Balaban J connectivity index is 1.64. The summed E-state index contributed by atoms with van der Waals surface area (Å²) in [4.78, 5) is 18.1. The zero-order valence-corrected chi connectivity index (χ0v) is 20.5. The number of unbranched alkanes of at least 4 members (excludes halogenated alkanes) is 2. The molecule has 0 unspecified atom stereocenters. The lowest BCUT2D eigenvalue weighted by molar-refractivity contribution is 0.497. The average molecular weight is 460 g/mol. The van der Waals surface area contributed by atoms with E-state index in [2.05, 4.69) is 54.4 Å². The molecule has 0 atom stereocenters. The molecule has 34 heavy (non-hydrogen) atoms. The molecule has 0 amide bonds. The van der Waals surface area contributed by atoms with Gasteiger partial charge in [-0.05, 0) is 47.7 Å². The van der Waals surface area contributed by atoms with Crippen LogP contribution in [0, 0.1) is 12.8 Å². The molecular formula is C26H33N7O. The van der Waals surface area contributed by atoms with Crippen LogP contribution < -0.4 is 5.69 Å². The number of hydrogen-bond acceptors (Lipinski definition) is 5. The number of aromatic amines is 1. The molecule has 0 radical (unpaired) electrons. The molecule has 3 heterocycles. The first-order valence-electron chi connectivity index (χ1n) is 12.1. The molecule has 8 heteroatoms. The molecule has 3 aromatic heterocycles. The van der Waals surface area contributed by atoms with Gasteiger partial charge in [0.1, 0.15) is 0 Å². The van der Waals surface area contributed by atoms with Gasteiger partial charge in [-0.3, -0.25) is 14.1 Å². The summed E-state index contributed by atoms with van der Waals surface area (Å²) in [6.45, 7) is 9.84. The van der Waals surface area contributed by atoms with E-state index < -0.39 is 0 Å². The van der Waals surface area contributed by atoms with Crippen molar-refractivity contribution < 1.29 is 0 Å². The Hall–Kier alpha value is -3.55. The Morgan fingerprint density at radius 3 is 2.47 bits per heavy atom. The van der Waals surface area contributed by atoms with Crippen LogP contribution in [0.1, 0.15) is 57.0 Å². The van der Waals surface area contributed by atoms with Crippen molar-refractivity contribution >= 4 is 0 Å². The molecule has 1 N–H and O–H groups in total. The van der Waals surface area contributed by atoms with Crippen molar-refractivity contribution in [1.29, 1.82) is 0 Å². The number of nitrogens with zero attached hydrogens (tertiary/aromatic N) is 6. The molecule has 1 aromatic carbocycles. The Morgan fingerprint density at radius 1 is 1.03 bits per heavy atom. The van der Waals surface area contributed by atoms with Gasteiger partial charge in [-0.15, -0.1) is 5.10 Å². The Kier molecular flexibility index (Phi) is 7.35. The smallest absolute Gasteiger partial charge is 0.296 e. The van der Waals surface area contributed by atoms with Crippen LogP contribution in [0.2, 0.25) is 0 Å². The molecule has 0 bridgehead atoms. The van der Waals surface area contributed by atoms with Gasteiger partial charge < -0.3 is 0 Å². The normalized spacial score (nSPS) is 11.4. The van der Waals surface area contributed by atoms with E-state index in [1.807, 2.05) is 45.7 Å². The first kappa shape index (κ1) is 23.6. The predicted molar refractivity (Wildman–Crippen MR) is 133 cm³/mol. The van der Waals surface area contributed by atoms with E-state index in [1.54, 1.807) is 0 Å². The number of benzene rings is 1. The topological polar surface area (TPSA) is 94.3 Å². The van der Waals surface area contributed by atoms with Gasteiger partial charge in [0, 0.05) is 35.3 Å². The first-order chi connectivity index (χ1) is 16.5. The molecule has 4 rings (SSSR count). The van der Waals surface area contributed by atoms with Crippen molar-refractivity contribution in [2.45, 2.75) is 66.5 Å². The quantitative estimate of drug-likeness (QED) is 0.349. The van der Waals surface area contributed by atoms with Gasteiger partial charge in [-0.25, -0.2) is 9.89 Å². The highest BCUT2D eigenvalue weighted by molar-refractivity contribution is 5.78. The van der Waals surface area contributed by atoms with Gasteiger partial charge in [0.05, 0.1) is 12.2 Å². The number of tetrazole rings is 1. The maximum Gasteiger partial charge on any atom is 0.328 e. The van der Waals surface area contributed by atoms with Gasteiger partial charge in [-0.2, -0.15) is 0 Å². The fourth-order valence-electron chi connectivity index (χ4n) is 4.40. The lowest BCUT2D eigenvalue weighted by Crippen LogP contribution is -2.27. The van der Waals surface area contributed by atoms with Crippen LogP contribution in [0.15, 0.2) is 47.4 Å². The minimum absolute atomic E-state index is 0.0740. The van der Waals surface area contributed by atoms with Gasteiger partial charge >= 0.3 is 5.69 Å². The number of pyridine rings is 1. The van der Waals surface area contributed by atoms with Gasteiger partial charge in [0.15, 0.2) is 5.82 Å². The molecule has 178 valence electrons. The number of nitrogens with one attached hydrogen (secondary N) is 1. The van der Waals surface area contributed by atoms with Crippen LogP contribution in [0.5, 0.6) is 0 Å². The molecule has 0 aliphatic carbocycles. The third-order valence-electron chi connectivity index (χ3n) is 6.14. The van der Waals surface area contributed by atoms with Crippen LogP contribution in [0.4, 0.5) is 0 Å². The molecule has 4 aromatic rings. The highest BCUT2D eigenvalue weighted by Gasteiger charge is 2.18. The number of hydrogen-bond donors (Lipinski definition) is 1. The van der Waals surface area contributed by atoms with Crippen molar-refractivity contribution in [3.8, 4) is 22.6 Å². The number of aromatic nitrogens is 7.